The Labute approximate surface area is 191 Å². The minimum Gasteiger partial charge on any atom is -0.476 e. The van der Waals surface area contributed by atoms with Crippen LogP contribution in [0.1, 0.15) is 44.0 Å². The molecule has 11 heteroatoms. The van der Waals surface area contributed by atoms with E-state index in [1.54, 1.807) is 29.2 Å². The number of rotatable bonds is 11. The fourth-order valence-corrected chi connectivity index (χ4v) is 3.30. The van der Waals surface area contributed by atoms with E-state index in [-0.39, 0.29) is 29.3 Å². The monoisotopic (exact) mass is 456 g/mol. The van der Waals surface area contributed by atoms with Crippen molar-refractivity contribution in [1.29, 1.82) is 0 Å². The average molecular weight is 457 g/mol. The number of nitrogens with one attached hydrogen (secondary N) is 2. The van der Waals surface area contributed by atoms with E-state index in [0.717, 1.165) is 18.9 Å². The van der Waals surface area contributed by atoms with Crippen LogP contribution in [0.4, 0.5) is 21.7 Å². The number of anilines is 3. The first-order valence-electron chi connectivity index (χ1n) is 10.8. The Kier molecular flexibility index (Phi) is 7.78. The summed E-state index contributed by atoms with van der Waals surface area (Å²) in [6, 6.07) is 4.13. The second kappa shape index (κ2) is 10.7. The summed E-state index contributed by atoms with van der Waals surface area (Å²) in [5.41, 5.74) is 12.5. The van der Waals surface area contributed by atoms with Gasteiger partial charge in [-0.1, -0.05) is 13.3 Å². The van der Waals surface area contributed by atoms with Crippen molar-refractivity contribution in [3.8, 4) is 11.6 Å². The predicted octanol–water partition coefficient (Wildman–Crippen LogP) is 2.97. The van der Waals surface area contributed by atoms with E-state index in [4.69, 9.17) is 16.2 Å². The molecule has 0 radical (unpaired) electrons. The number of nitrogens with two attached hydrogens (primary N) is 2. The largest absolute Gasteiger partial charge is 0.476 e. The third-order valence-corrected chi connectivity index (χ3v) is 4.93. The van der Waals surface area contributed by atoms with Crippen molar-refractivity contribution in [2.24, 2.45) is 11.5 Å². The van der Waals surface area contributed by atoms with E-state index in [2.05, 4.69) is 25.7 Å². The van der Waals surface area contributed by atoms with Gasteiger partial charge in [-0.2, -0.15) is 5.10 Å². The molecule has 10 nitrogen and oxygen atoms in total. The molecule has 0 aromatic carbocycles. The molecule has 0 unspecified atom stereocenters. The number of primary amides is 1. The van der Waals surface area contributed by atoms with Crippen molar-refractivity contribution in [3.63, 3.8) is 0 Å². The summed E-state index contributed by atoms with van der Waals surface area (Å²) in [5.74, 6) is -1.07. The van der Waals surface area contributed by atoms with E-state index in [1.807, 2.05) is 20.8 Å². The number of pyridine rings is 2. The molecular weight excluding hydrogens is 427 g/mol. The number of aromatic nitrogens is 4. The molecule has 176 valence electrons. The van der Waals surface area contributed by atoms with Gasteiger partial charge in [-0.15, -0.1) is 0 Å². The molecule has 6 N–H and O–H groups in total. The normalized spacial score (nSPS) is 12.8. The van der Waals surface area contributed by atoms with Crippen LogP contribution in [-0.2, 0) is 0 Å². The van der Waals surface area contributed by atoms with E-state index >= 15 is 0 Å². The van der Waals surface area contributed by atoms with Crippen LogP contribution < -0.4 is 26.8 Å². The molecule has 3 aromatic rings. The van der Waals surface area contributed by atoms with Crippen LogP contribution in [0.3, 0.4) is 0 Å². The number of halogens is 1. The molecule has 0 saturated heterocycles. The third kappa shape index (κ3) is 5.75. The minimum atomic E-state index is -0.820. The number of hydrogen-bond donors (Lipinski definition) is 4. The predicted molar refractivity (Wildman–Crippen MR) is 124 cm³/mol. The molecule has 33 heavy (non-hydrogen) atoms. The van der Waals surface area contributed by atoms with Crippen LogP contribution in [0.25, 0.3) is 5.69 Å². The van der Waals surface area contributed by atoms with Crippen LogP contribution in [-0.4, -0.2) is 44.3 Å². The molecule has 3 rings (SSSR count). The maximum atomic E-state index is 14.7. The highest BCUT2D eigenvalue weighted by Gasteiger charge is 2.20. The second-order valence-electron chi connectivity index (χ2n) is 7.53. The number of nitrogens with zero attached hydrogens (tertiary/aromatic N) is 4. The first-order valence-corrected chi connectivity index (χ1v) is 10.8. The van der Waals surface area contributed by atoms with Crippen molar-refractivity contribution >= 4 is 23.2 Å². The van der Waals surface area contributed by atoms with Crippen LogP contribution in [0.15, 0.2) is 36.8 Å². The molecule has 0 saturated carbocycles. The van der Waals surface area contributed by atoms with E-state index in [1.165, 1.54) is 6.20 Å². The van der Waals surface area contributed by atoms with Gasteiger partial charge >= 0.3 is 0 Å². The zero-order valence-electron chi connectivity index (χ0n) is 18.9. The topological polar surface area (TPSA) is 146 Å². The summed E-state index contributed by atoms with van der Waals surface area (Å²) in [4.78, 5) is 20.6. The van der Waals surface area contributed by atoms with E-state index in [9.17, 15) is 9.18 Å². The smallest absolute Gasteiger partial charge is 0.252 e. The molecule has 3 heterocycles. The zero-order chi connectivity index (χ0) is 24.0. The molecule has 0 fully saturated rings. The Hall–Kier alpha value is -3.73. The summed E-state index contributed by atoms with van der Waals surface area (Å²) in [6.07, 6.45) is 6.49. The third-order valence-electron chi connectivity index (χ3n) is 4.93. The molecule has 3 aromatic heterocycles. The van der Waals surface area contributed by atoms with Crippen molar-refractivity contribution in [2.75, 3.05) is 17.2 Å². The molecule has 0 spiro atoms. The highest BCUT2D eigenvalue weighted by molar-refractivity contribution is 5.98. The van der Waals surface area contributed by atoms with Gasteiger partial charge in [0.05, 0.1) is 24.1 Å². The van der Waals surface area contributed by atoms with E-state index < -0.39 is 11.7 Å². The SMILES string of the molecule is CCC[C@@H](Nc1nc(Nc2cnc(OCC)c(-n3cccn3)c2)c(C(N)=O)cc1F)[C@H](C)N. The summed E-state index contributed by atoms with van der Waals surface area (Å²) >= 11 is 0. The number of amides is 1. The highest BCUT2D eigenvalue weighted by Crippen LogP contribution is 2.28. The molecule has 2 atom stereocenters. The second-order valence-corrected chi connectivity index (χ2v) is 7.53. The number of carbonyl (C=O) groups is 1. The first-order chi connectivity index (χ1) is 15.8. The molecular formula is C22H29FN8O2. The summed E-state index contributed by atoms with van der Waals surface area (Å²) in [6.45, 7) is 6.13. The Morgan fingerprint density at radius 1 is 1.30 bits per heavy atom. The maximum Gasteiger partial charge on any atom is 0.252 e. The van der Waals surface area contributed by atoms with Gasteiger partial charge in [-0.3, -0.25) is 4.79 Å². The van der Waals surface area contributed by atoms with Gasteiger partial charge in [-0.25, -0.2) is 19.0 Å². The van der Waals surface area contributed by atoms with Gasteiger partial charge < -0.3 is 26.8 Å². The lowest BCUT2D eigenvalue weighted by molar-refractivity contribution is 0.100. The number of hydrogen-bond acceptors (Lipinski definition) is 8. The molecule has 0 aliphatic heterocycles. The van der Waals surface area contributed by atoms with E-state index in [0.29, 0.717) is 23.9 Å². The molecule has 0 bridgehead atoms. The van der Waals surface area contributed by atoms with Gasteiger partial charge in [0, 0.05) is 24.5 Å². The highest BCUT2D eigenvalue weighted by atomic mass is 19.1. The Morgan fingerprint density at radius 3 is 2.70 bits per heavy atom. The zero-order valence-corrected chi connectivity index (χ0v) is 18.9. The van der Waals surface area contributed by atoms with Crippen LogP contribution >= 0.6 is 0 Å². The van der Waals surface area contributed by atoms with Crippen molar-refractivity contribution in [1.82, 2.24) is 19.7 Å². The lowest BCUT2D eigenvalue weighted by atomic mass is 10.1. The summed E-state index contributed by atoms with van der Waals surface area (Å²) < 4.78 is 21.9. The van der Waals surface area contributed by atoms with Crippen molar-refractivity contribution in [3.05, 3.63) is 48.2 Å². The quantitative estimate of drug-likeness (QED) is 0.344. The fraction of sp³-hybridized carbons (Fsp3) is 0.364. The Bertz CT molecular complexity index is 1090. The van der Waals surface area contributed by atoms with Gasteiger partial charge in [0.1, 0.15) is 11.5 Å². The van der Waals surface area contributed by atoms with Crippen LogP contribution in [0, 0.1) is 5.82 Å². The first kappa shape index (κ1) is 23.9. The Balaban J connectivity index is 2.00. The Morgan fingerprint density at radius 2 is 2.09 bits per heavy atom. The molecule has 0 aliphatic rings. The lowest BCUT2D eigenvalue weighted by Gasteiger charge is -2.23. The maximum absolute atomic E-state index is 14.7. The fourth-order valence-electron chi connectivity index (χ4n) is 3.30. The number of ether oxygens (including phenoxy) is 1. The van der Waals surface area contributed by atoms with Crippen LogP contribution in [0.2, 0.25) is 0 Å². The van der Waals surface area contributed by atoms with Gasteiger partial charge in [0.25, 0.3) is 5.91 Å². The van der Waals surface area contributed by atoms with Gasteiger partial charge in [-0.05, 0) is 38.5 Å². The summed E-state index contributed by atoms with van der Waals surface area (Å²) in [7, 11) is 0. The number of carbonyl (C=O) groups excluding carboxylic acids is 1. The molecule has 1 amide bonds. The van der Waals surface area contributed by atoms with Gasteiger partial charge in [0.15, 0.2) is 11.6 Å². The average Bonchev–Trinajstić information content (AvgIpc) is 3.31. The summed E-state index contributed by atoms with van der Waals surface area (Å²) in [5, 5.41) is 10.3. The minimum absolute atomic E-state index is 0.0237. The standard InChI is InChI=1S/C22H29FN8O2/c1-4-7-17(13(3)24)29-21-16(23)11-15(19(25)32)20(30-21)28-14-10-18(31-9-6-8-27-31)22(26-12-14)33-5-2/h6,8-13,17H,4-5,7,24H2,1-3H3,(H2,25,32)(H2,28,29,30)/t13-,17+/m0/s1. The molecule has 0 aliphatic carbocycles. The van der Waals surface area contributed by atoms with Crippen molar-refractivity contribution < 1.29 is 13.9 Å². The van der Waals surface area contributed by atoms with Gasteiger partial charge in [0.2, 0.25) is 5.88 Å². The van der Waals surface area contributed by atoms with Crippen molar-refractivity contribution in [2.45, 2.75) is 45.7 Å². The van der Waals surface area contributed by atoms with Crippen LogP contribution in [0.5, 0.6) is 5.88 Å². The lowest BCUT2D eigenvalue weighted by Crippen LogP contribution is -2.38.